The second-order valence-corrected chi connectivity index (χ2v) is 9.81. The molecule has 0 radical (unpaired) electrons. The van der Waals surface area contributed by atoms with Gasteiger partial charge in [0.25, 0.3) is 0 Å². The zero-order chi connectivity index (χ0) is 21.7. The number of phenolic OH excluding ortho intramolecular Hbond substituents is 1. The third kappa shape index (κ3) is 6.78. The van der Waals surface area contributed by atoms with Crippen LogP contribution in [0.1, 0.15) is 96.3 Å². The summed E-state index contributed by atoms with van der Waals surface area (Å²) in [6, 6.07) is 3.71. The van der Waals surface area contributed by atoms with Crippen molar-refractivity contribution in [3.05, 3.63) is 28.8 Å². The van der Waals surface area contributed by atoms with Crippen molar-refractivity contribution in [3.63, 3.8) is 0 Å². The summed E-state index contributed by atoms with van der Waals surface area (Å²) in [6.07, 6.45) is 1.73. The summed E-state index contributed by atoms with van der Waals surface area (Å²) in [5.41, 5.74) is 1.64. The molecule has 0 amide bonds. The summed E-state index contributed by atoms with van der Waals surface area (Å²) in [4.78, 5) is 11.5. The fraction of sp³-hybridized carbons (Fsp3) is 0.696. The molecule has 28 heavy (non-hydrogen) atoms. The van der Waals surface area contributed by atoms with E-state index < -0.39 is 18.0 Å². The highest BCUT2D eigenvalue weighted by Crippen LogP contribution is 2.42. The van der Waals surface area contributed by atoms with Crippen LogP contribution >= 0.6 is 0 Å². The van der Waals surface area contributed by atoms with E-state index >= 15 is 0 Å². The average molecular weight is 395 g/mol. The zero-order valence-electron chi connectivity index (χ0n) is 18.2. The fourth-order valence-electron chi connectivity index (χ4n) is 3.52. The number of aromatic hydroxyl groups is 1. The van der Waals surface area contributed by atoms with Crippen LogP contribution in [0.2, 0.25) is 0 Å². The Labute approximate surface area is 169 Å². The second-order valence-electron chi connectivity index (χ2n) is 9.81. The van der Waals surface area contributed by atoms with E-state index in [1.54, 1.807) is 0 Å². The van der Waals surface area contributed by atoms with Crippen molar-refractivity contribution in [1.29, 1.82) is 0 Å². The first-order chi connectivity index (χ1) is 12.8. The van der Waals surface area contributed by atoms with Crippen molar-refractivity contribution in [2.45, 2.75) is 96.5 Å². The minimum Gasteiger partial charge on any atom is -0.507 e. The van der Waals surface area contributed by atoms with Gasteiger partial charge in [0.05, 0.1) is 12.5 Å². The molecule has 0 aliphatic carbocycles. The number of aliphatic hydroxyl groups is 2. The zero-order valence-corrected chi connectivity index (χ0v) is 18.2. The first kappa shape index (κ1) is 24.4. The Kier molecular flexibility index (Phi) is 8.51. The number of carbonyl (C=O) groups is 1. The molecular weight excluding hydrogens is 356 g/mol. The number of aliphatic carboxylic acids is 1. The maximum Gasteiger partial charge on any atom is 0.304 e. The van der Waals surface area contributed by atoms with Crippen LogP contribution < -0.4 is 0 Å². The normalized spacial score (nSPS) is 14.7. The number of hydrogen-bond donors (Lipinski definition) is 4. The van der Waals surface area contributed by atoms with Gasteiger partial charge >= 0.3 is 5.97 Å². The van der Waals surface area contributed by atoms with Crippen LogP contribution in [0.15, 0.2) is 12.1 Å². The molecule has 0 aliphatic heterocycles. The van der Waals surface area contributed by atoms with Gasteiger partial charge in [-0.1, -0.05) is 66.5 Å². The third-order valence-electron chi connectivity index (χ3n) is 5.19. The number of phenols is 1. The third-order valence-corrected chi connectivity index (χ3v) is 5.19. The minimum atomic E-state index is -0.956. The maximum atomic E-state index is 11.5. The second kappa shape index (κ2) is 9.75. The summed E-state index contributed by atoms with van der Waals surface area (Å²) >= 11 is 0. The first-order valence-electron chi connectivity index (χ1n) is 10.2. The van der Waals surface area contributed by atoms with Gasteiger partial charge in [-0.3, -0.25) is 4.79 Å². The lowest BCUT2D eigenvalue weighted by Crippen LogP contribution is -2.24. The Hall–Kier alpha value is -1.59. The first-order valence-corrected chi connectivity index (χ1v) is 10.2. The molecule has 0 aromatic heterocycles. The summed E-state index contributed by atoms with van der Waals surface area (Å²) in [6.45, 7) is 12.2. The molecule has 5 nitrogen and oxygen atoms in total. The average Bonchev–Trinajstić information content (AvgIpc) is 2.54. The molecule has 4 N–H and O–H groups in total. The molecule has 0 bridgehead atoms. The lowest BCUT2D eigenvalue weighted by molar-refractivity contribution is -0.138. The van der Waals surface area contributed by atoms with Gasteiger partial charge < -0.3 is 20.4 Å². The van der Waals surface area contributed by atoms with E-state index in [1.165, 1.54) is 0 Å². The molecule has 0 aliphatic rings. The Balaban J connectivity index is 3.41. The molecule has 0 heterocycles. The number of unbranched alkanes of at least 4 members (excludes halogenated alkanes) is 2. The summed E-state index contributed by atoms with van der Waals surface area (Å²) < 4.78 is 0. The molecule has 160 valence electrons. The van der Waals surface area contributed by atoms with E-state index in [-0.39, 0.29) is 29.6 Å². The van der Waals surface area contributed by atoms with Gasteiger partial charge in [0.1, 0.15) is 5.75 Å². The highest BCUT2D eigenvalue weighted by molar-refractivity contribution is 5.68. The van der Waals surface area contributed by atoms with Gasteiger partial charge in [0.2, 0.25) is 0 Å². The van der Waals surface area contributed by atoms with Gasteiger partial charge in [-0.2, -0.15) is 0 Å². The van der Waals surface area contributed by atoms with E-state index in [0.717, 1.165) is 29.5 Å². The van der Waals surface area contributed by atoms with Crippen LogP contribution in [0.25, 0.3) is 0 Å². The van der Waals surface area contributed by atoms with E-state index in [2.05, 4.69) is 0 Å². The molecule has 0 saturated heterocycles. The predicted molar refractivity (Wildman–Crippen MR) is 112 cm³/mol. The number of benzene rings is 1. The fourth-order valence-corrected chi connectivity index (χ4v) is 3.52. The van der Waals surface area contributed by atoms with Crippen LogP contribution in [0.4, 0.5) is 0 Å². The Morgan fingerprint density at radius 2 is 1.46 bits per heavy atom. The van der Waals surface area contributed by atoms with E-state index in [9.17, 15) is 20.1 Å². The lowest BCUT2D eigenvalue weighted by Gasteiger charge is -2.31. The summed E-state index contributed by atoms with van der Waals surface area (Å²) in [5, 5.41) is 40.0. The van der Waals surface area contributed by atoms with Gasteiger partial charge in [0.15, 0.2) is 0 Å². The minimum absolute atomic E-state index is 0.122. The van der Waals surface area contributed by atoms with Crippen LogP contribution in [-0.4, -0.2) is 39.1 Å². The van der Waals surface area contributed by atoms with E-state index in [1.807, 2.05) is 53.7 Å². The van der Waals surface area contributed by atoms with Crippen LogP contribution in [0.5, 0.6) is 5.75 Å². The van der Waals surface area contributed by atoms with E-state index in [0.29, 0.717) is 12.8 Å². The Morgan fingerprint density at radius 3 is 1.86 bits per heavy atom. The Bertz CT molecular complexity index is 617. The molecule has 0 fully saturated rings. The quantitative estimate of drug-likeness (QED) is 0.464. The van der Waals surface area contributed by atoms with Gasteiger partial charge in [-0.05, 0) is 40.4 Å². The maximum absolute atomic E-state index is 11.5. The van der Waals surface area contributed by atoms with Crippen molar-refractivity contribution in [1.82, 2.24) is 0 Å². The molecule has 5 heteroatoms. The topological polar surface area (TPSA) is 98.0 Å². The van der Waals surface area contributed by atoms with Crippen LogP contribution in [-0.2, 0) is 15.6 Å². The van der Waals surface area contributed by atoms with Crippen molar-refractivity contribution < 1.29 is 25.2 Å². The number of carboxylic acids is 1. The van der Waals surface area contributed by atoms with Crippen LogP contribution in [0, 0.1) is 0 Å². The highest BCUT2D eigenvalue weighted by Gasteiger charge is 2.31. The number of hydrogen-bond acceptors (Lipinski definition) is 4. The molecule has 1 rings (SSSR count). The molecular formula is C23H38O5. The van der Waals surface area contributed by atoms with Crippen molar-refractivity contribution >= 4 is 5.97 Å². The Morgan fingerprint density at radius 1 is 0.964 bits per heavy atom. The molecule has 2 unspecified atom stereocenters. The van der Waals surface area contributed by atoms with Crippen molar-refractivity contribution in [2.75, 3.05) is 6.61 Å². The number of aliphatic hydroxyl groups excluding tert-OH is 2. The molecule has 2 atom stereocenters. The molecule has 0 saturated carbocycles. The van der Waals surface area contributed by atoms with Crippen molar-refractivity contribution in [3.8, 4) is 5.75 Å². The summed E-state index contributed by atoms with van der Waals surface area (Å²) in [7, 11) is 0. The number of carboxylic acid groups (broad SMARTS) is 1. The highest BCUT2D eigenvalue weighted by atomic mass is 16.4. The van der Waals surface area contributed by atoms with Gasteiger partial charge in [-0.15, -0.1) is 0 Å². The number of rotatable bonds is 9. The molecule has 1 aromatic rings. The van der Waals surface area contributed by atoms with Gasteiger partial charge in [-0.25, -0.2) is 0 Å². The predicted octanol–water partition coefficient (Wildman–Crippen LogP) is 4.46. The smallest absolute Gasteiger partial charge is 0.304 e. The molecule has 0 spiro atoms. The van der Waals surface area contributed by atoms with E-state index in [4.69, 9.17) is 5.11 Å². The van der Waals surface area contributed by atoms with Gasteiger partial charge in [0, 0.05) is 12.5 Å². The molecule has 1 aromatic carbocycles. The van der Waals surface area contributed by atoms with Crippen LogP contribution in [0.3, 0.4) is 0 Å². The standard InChI is InChI=1S/C23H38O5/c1-22(2,3)17-12-15(13-18(21(17)28)23(4,5)6)16(14-20(26)27)19(25)10-8-7-9-11-24/h12-13,16,19,24-25,28H,7-11,14H2,1-6H3,(H,26,27). The monoisotopic (exact) mass is 394 g/mol. The SMILES string of the molecule is CC(C)(C)c1cc(C(CC(=O)O)C(O)CCCCCO)cc(C(C)(C)C)c1O. The largest absolute Gasteiger partial charge is 0.507 e. The lowest BCUT2D eigenvalue weighted by atomic mass is 9.75. The van der Waals surface area contributed by atoms with Crippen molar-refractivity contribution in [2.24, 2.45) is 0 Å². The summed E-state index contributed by atoms with van der Waals surface area (Å²) in [5.74, 6) is -1.26.